The number of halogens is 1. The van der Waals surface area contributed by atoms with E-state index in [2.05, 4.69) is 16.3 Å². The minimum atomic E-state index is -0.335. The highest BCUT2D eigenvalue weighted by molar-refractivity contribution is 5.37. The molecule has 1 N–H and O–H groups in total. The van der Waals surface area contributed by atoms with Gasteiger partial charge in [0.2, 0.25) is 0 Å². The minimum Gasteiger partial charge on any atom is -0.314 e. The smallest absolute Gasteiger partial charge is 0.124 e. The first-order chi connectivity index (χ1) is 10.2. The van der Waals surface area contributed by atoms with E-state index in [1.54, 1.807) is 6.07 Å². The largest absolute Gasteiger partial charge is 0.314 e. The molecule has 3 rings (SSSR count). The predicted octanol–water partition coefficient (Wildman–Crippen LogP) is 2.66. The number of nitrogens with one attached hydrogen (secondary N) is 1. The molecule has 1 aliphatic carbocycles. The van der Waals surface area contributed by atoms with Crippen molar-refractivity contribution in [3.05, 3.63) is 35.1 Å². The monoisotopic (exact) mass is 287 g/mol. The van der Waals surface area contributed by atoms with Crippen LogP contribution in [0.3, 0.4) is 0 Å². The third-order valence-corrected chi connectivity index (χ3v) is 4.57. The van der Waals surface area contributed by atoms with Gasteiger partial charge in [0.05, 0.1) is 11.6 Å². The van der Waals surface area contributed by atoms with Crippen molar-refractivity contribution in [3.63, 3.8) is 0 Å². The lowest BCUT2D eigenvalue weighted by atomic mass is 10.0. The van der Waals surface area contributed by atoms with Crippen LogP contribution in [0.2, 0.25) is 0 Å². The fraction of sp³-hybridized carbons (Fsp3) is 0.588. The van der Waals surface area contributed by atoms with E-state index >= 15 is 0 Å². The van der Waals surface area contributed by atoms with Gasteiger partial charge in [-0.1, -0.05) is 6.07 Å². The SMILES string of the molecule is N#Cc1cc(F)ccc1CN1CCC(NCC2CC2)CC1. The van der Waals surface area contributed by atoms with E-state index in [1.165, 1.54) is 31.5 Å². The first-order valence-corrected chi connectivity index (χ1v) is 7.89. The molecule has 1 aromatic carbocycles. The van der Waals surface area contributed by atoms with E-state index < -0.39 is 0 Å². The molecule has 1 saturated heterocycles. The summed E-state index contributed by atoms with van der Waals surface area (Å²) in [5.41, 5.74) is 1.40. The molecule has 0 radical (unpaired) electrons. The topological polar surface area (TPSA) is 39.1 Å². The lowest BCUT2D eigenvalue weighted by Crippen LogP contribution is -2.42. The van der Waals surface area contributed by atoms with Gasteiger partial charge < -0.3 is 5.32 Å². The van der Waals surface area contributed by atoms with Crippen molar-refractivity contribution < 1.29 is 4.39 Å². The lowest BCUT2D eigenvalue weighted by Gasteiger charge is -2.32. The summed E-state index contributed by atoms with van der Waals surface area (Å²) >= 11 is 0. The van der Waals surface area contributed by atoms with Gasteiger partial charge in [0, 0.05) is 12.6 Å². The van der Waals surface area contributed by atoms with Crippen molar-refractivity contribution >= 4 is 0 Å². The van der Waals surface area contributed by atoms with Crippen LogP contribution in [0.5, 0.6) is 0 Å². The van der Waals surface area contributed by atoms with Crippen molar-refractivity contribution in [2.24, 2.45) is 5.92 Å². The molecule has 0 aromatic heterocycles. The Kier molecular flexibility index (Phi) is 4.52. The maximum atomic E-state index is 13.1. The molecular weight excluding hydrogens is 265 g/mol. The third kappa shape index (κ3) is 4.03. The van der Waals surface area contributed by atoms with Crippen LogP contribution in [0.4, 0.5) is 4.39 Å². The molecule has 1 aromatic rings. The van der Waals surface area contributed by atoms with Gasteiger partial charge in [-0.05, 0) is 68.9 Å². The van der Waals surface area contributed by atoms with E-state index in [-0.39, 0.29) is 5.82 Å². The highest BCUT2D eigenvalue weighted by atomic mass is 19.1. The second-order valence-electron chi connectivity index (χ2n) is 6.32. The maximum absolute atomic E-state index is 13.1. The fourth-order valence-corrected chi connectivity index (χ4v) is 2.98. The van der Waals surface area contributed by atoms with E-state index in [4.69, 9.17) is 5.26 Å². The second-order valence-corrected chi connectivity index (χ2v) is 6.32. The Balaban J connectivity index is 1.49. The molecule has 0 unspecified atom stereocenters. The number of hydrogen-bond donors (Lipinski definition) is 1. The summed E-state index contributed by atoms with van der Waals surface area (Å²) in [6.07, 6.45) is 5.12. The molecule has 112 valence electrons. The van der Waals surface area contributed by atoms with Gasteiger partial charge >= 0.3 is 0 Å². The summed E-state index contributed by atoms with van der Waals surface area (Å²) in [5.74, 6) is 0.596. The van der Waals surface area contributed by atoms with Gasteiger partial charge in [-0.25, -0.2) is 4.39 Å². The third-order valence-electron chi connectivity index (χ3n) is 4.57. The summed E-state index contributed by atoms with van der Waals surface area (Å²) in [6.45, 7) is 4.02. The molecule has 4 heteroatoms. The molecule has 0 amide bonds. The zero-order chi connectivity index (χ0) is 14.7. The summed E-state index contributed by atoms with van der Waals surface area (Å²) in [5, 5.41) is 12.8. The van der Waals surface area contributed by atoms with Crippen LogP contribution < -0.4 is 5.32 Å². The van der Waals surface area contributed by atoms with Gasteiger partial charge in [-0.15, -0.1) is 0 Å². The first-order valence-electron chi connectivity index (χ1n) is 7.89. The van der Waals surface area contributed by atoms with Gasteiger partial charge in [0.25, 0.3) is 0 Å². The Morgan fingerprint density at radius 2 is 2.00 bits per heavy atom. The van der Waals surface area contributed by atoms with Crippen LogP contribution in [0, 0.1) is 23.1 Å². The number of hydrogen-bond acceptors (Lipinski definition) is 3. The van der Waals surface area contributed by atoms with Crippen LogP contribution in [0.15, 0.2) is 18.2 Å². The average molecular weight is 287 g/mol. The highest BCUT2D eigenvalue weighted by Crippen LogP contribution is 2.28. The standard InChI is InChI=1S/C17H22FN3/c18-16-4-3-14(15(9-16)10-19)12-21-7-5-17(6-8-21)20-11-13-1-2-13/h3-4,9,13,17,20H,1-2,5-8,11-12H2. The van der Waals surface area contributed by atoms with Crippen molar-refractivity contribution in [2.45, 2.75) is 38.3 Å². The highest BCUT2D eigenvalue weighted by Gasteiger charge is 2.24. The second kappa shape index (κ2) is 6.55. The minimum absolute atomic E-state index is 0.335. The molecule has 1 saturated carbocycles. The number of likely N-dealkylation sites (tertiary alicyclic amines) is 1. The van der Waals surface area contributed by atoms with Crippen LogP contribution in [-0.2, 0) is 6.54 Å². The van der Waals surface area contributed by atoms with E-state index in [1.807, 2.05) is 0 Å². The number of nitrogens with zero attached hydrogens (tertiary/aromatic N) is 2. The molecule has 1 heterocycles. The normalized spacial score (nSPS) is 20.4. The maximum Gasteiger partial charge on any atom is 0.124 e. The Morgan fingerprint density at radius 3 is 2.67 bits per heavy atom. The summed E-state index contributed by atoms with van der Waals surface area (Å²) < 4.78 is 13.1. The van der Waals surface area contributed by atoms with Crippen molar-refractivity contribution in [3.8, 4) is 6.07 Å². The Bertz CT molecular complexity index is 525. The number of benzene rings is 1. The lowest BCUT2D eigenvalue weighted by molar-refractivity contribution is 0.190. The van der Waals surface area contributed by atoms with Crippen LogP contribution >= 0.6 is 0 Å². The van der Waals surface area contributed by atoms with Gasteiger partial charge in [0.1, 0.15) is 5.82 Å². The van der Waals surface area contributed by atoms with E-state index in [0.29, 0.717) is 11.6 Å². The Morgan fingerprint density at radius 1 is 1.24 bits per heavy atom. The van der Waals surface area contributed by atoms with Gasteiger partial charge in [-0.2, -0.15) is 5.26 Å². The molecule has 2 fully saturated rings. The van der Waals surface area contributed by atoms with Gasteiger partial charge in [0.15, 0.2) is 0 Å². The number of rotatable bonds is 5. The first kappa shape index (κ1) is 14.5. The zero-order valence-electron chi connectivity index (χ0n) is 12.3. The van der Waals surface area contributed by atoms with Crippen molar-refractivity contribution in [1.82, 2.24) is 10.2 Å². The molecule has 2 aliphatic rings. The quantitative estimate of drug-likeness (QED) is 0.905. The molecule has 21 heavy (non-hydrogen) atoms. The molecule has 0 atom stereocenters. The van der Waals surface area contributed by atoms with E-state index in [9.17, 15) is 4.39 Å². The molecule has 0 spiro atoms. The van der Waals surface area contributed by atoms with E-state index in [0.717, 1.165) is 44.0 Å². The van der Waals surface area contributed by atoms with Crippen LogP contribution in [0.25, 0.3) is 0 Å². The Labute approximate surface area is 125 Å². The average Bonchev–Trinajstić information content (AvgIpc) is 3.32. The van der Waals surface area contributed by atoms with Crippen LogP contribution in [0.1, 0.15) is 36.8 Å². The number of nitriles is 1. The predicted molar refractivity (Wildman–Crippen MR) is 80.1 cm³/mol. The van der Waals surface area contributed by atoms with Crippen LogP contribution in [-0.4, -0.2) is 30.6 Å². The molecule has 3 nitrogen and oxygen atoms in total. The van der Waals surface area contributed by atoms with Crippen molar-refractivity contribution in [2.75, 3.05) is 19.6 Å². The molecule has 1 aliphatic heterocycles. The zero-order valence-corrected chi connectivity index (χ0v) is 12.3. The van der Waals surface area contributed by atoms with Gasteiger partial charge in [-0.3, -0.25) is 4.90 Å². The molecule has 0 bridgehead atoms. The molecular formula is C17H22FN3. The fourth-order valence-electron chi connectivity index (χ4n) is 2.98. The number of piperidine rings is 1. The summed E-state index contributed by atoms with van der Waals surface area (Å²) in [4.78, 5) is 2.36. The summed E-state index contributed by atoms with van der Waals surface area (Å²) in [7, 11) is 0. The van der Waals surface area contributed by atoms with Crippen molar-refractivity contribution in [1.29, 1.82) is 5.26 Å². The Hall–Kier alpha value is -1.44. The summed E-state index contributed by atoms with van der Waals surface area (Å²) in [6, 6.07) is 7.26.